The molecule has 0 heterocycles. The lowest BCUT2D eigenvalue weighted by molar-refractivity contribution is 0.160. The number of terminal acetylenes is 2. The summed E-state index contributed by atoms with van der Waals surface area (Å²) in [6.45, 7) is 0. The van der Waals surface area contributed by atoms with E-state index in [-0.39, 0.29) is 28.9 Å². The van der Waals surface area contributed by atoms with Crippen LogP contribution in [-0.4, -0.2) is 32.4 Å². The van der Waals surface area contributed by atoms with Crippen molar-refractivity contribution in [2.45, 2.75) is 11.2 Å². The molecule has 18 heavy (non-hydrogen) atoms. The molecule has 1 rings (SSSR count). The normalized spacial score (nSPS) is 30.9. The number of aliphatic hydroxyl groups is 2. The molecule has 0 aromatic rings. The van der Waals surface area contributed by atoms with E-state index in [9.17, 15) is 10.2 Å². The maximum Gasteiger partial charge on any atom is 0.191 e. The highest BCUT2D eigenvalue weighted by molar-refractivity contribution is 9.15. The van der Waals surface area contributed by atoms with Crippen molar-refractivity contribution in [1.82, 2.24) is 0 Å². The summed E-state index contributed by atoms with van der Waals surface area (Å²) in [6.07, 6.45) is 10.5. The highest BCUT2D eigenvalue weighted by atomic mass is 79.9. The minimum Gasteiger partial charge on any atom is -0.412 e. The van der Waals surface area contributed by atoms with Crippen molar-refractivity contribution >= 4 is 63.7 Å². The minimum atomic E-state index is -1.69. The molecule has 0 saturated heterocycles. The Labute approximate surface area is 138 Å². The van der Waals surface area contributed by atoms with Gasteiger partial charge in [-0.3, -0.25) is 0 Å². The predicted octanol–water partition coefficient (Wildman–Crippen LogP) is 1.08. The first-order valence-electron chi connectivity index (χ1n) is 3.78. The molecule has 0 bridgehead atoms. The molecule has 0 aromatic heterocycles. The van der Waals surface area contributed by atoms with Crippen molar-refractivity contribution < 1.29 is 21.2 Å². The fourth-order valence-electron chi connectivity index (χ4n) is 1.08. The van der Waals surface area contributed by atoms with Crippen LogP contribution in [0, 0.1) is 24.7 Å². The van der Waals surface area contributed by atoms with Crippen molar-refractivity contribution in [1.29, 1.82) is 0 Å². The zero-order chi connectivity index (χ0) is 12.7. The summed E-state index contributed by atoms with van der Waals surface area (Å²) in [5.74, 6) is 4.42. The Balaban J connectivity index is 0. The second-order valence-electron chi connectivity index (χ2n) is 2.97. The molecular formula is C10H8Br4O4. The molecule has 1 aliphatic rings. The van der Waals surface area contributed by atoms with Crippen LogP contribution in [0.25, 0.3) is 0 Å². The maximum absolute atomic E-state index is 10.2. The molecule has 0 aliphatic heterocycles. The topological polar surface area (TPSA) is 103 Å². The molecule has 0 radical (unpaired) electrons. The molecule has 0 atom stereocenters. The Bertz CT molecular complexity index is 425. The zero-order valence-electron chi connectivity index (χ0n) is 8.56. The van der Waals surface area contributed by atoms with E-state index in [2.05, 4.69) is 75.6 Å². The first kappa shape index (κ1) is 20.7. The Kier molecular flexibility index (Phi) is 7.68. The summed E-state index contributed by atoms with van der Waals surface area (Å²) in [7, 11) is 0. The van der Waals surface area contributed by atoms with Gasteiger partial charge in [-0.15, -0.1) is 12.8 Å². The minimum absolute atomic E-state index is 0. The van der Waals surface area contributed by atoms with Crippen LogP contribution in [-0.2, 0) is 0 Å². The SMILES string of the molecule is C#CC1(O)C(Br)=C(Br)C(O)(C#C)C(Br)=C1Br.O.O. The van der Waals surface area contributed by atoms with Crippen LogP contribution in [0.4, 0.5) is 0 Å². The van der Waals surface area contributed by atoms with Gasteiger partial charge in [0.1, 0.15) is 0 Å². The van der Waals surface area contributed by atoms with Crippen LogP contribution in [0.5, 0.6) is 0 Å². The van der Waals surface area contributed by atoms with Gasteiger partial charge in [0.25, 0.3) is 0 Å². The third kappa shape index (κ3) is 2.62. The van der Waals surface area contributed by atoms with Gasteiger partial charge in [-0.05, 0) is 63.7 Å². The van der Waals surface area contributed by atoms with Crippen molar-refractivity contribution in [2.24, 2.45) is 0 Å². The number of hydrogen-bond acceptors (Lipinski definition) is 2. The molecule has 100 valence electrons. The quantitative estimate of drug-likeness (QED) is 0.475. The fourth-order valence-corrected chi connectivity index (χ4v) is 4.01. The molecule has 6 N–H and O–H groups in total. The Morgan fingerprint density at radius 1 is 0.722 bits per heavy atom. The summed E-state index contributed by atoms with van der Waals surface area (Å²) in [6, 6.07) is 0. The van der Waals surface area contributed by atoms with Gasteiger partial charge in [0.05, 0.1) is 17.9 Å². The van der Waals surface area contributed by atoms with E-state index in [1.165, 1.54) is 0 Å². The van der Waals surface area contributed by atoms with E-state index < -0.39 is 11.2 Å². The molecule has 0 spiro atoms. The van der Waals surface area contributed by atoms with Gasteiger partial charge in [-0.25, -0.2) is 0 Å². The maximum atomic E-state index is 10.2. The lowest BCUT2D eigenvalue weighted by atomic mass is 9.90. The van der Waals surface area contributed by atoms with Crippen LogP contribution >= 0.6 is 63.7 Å². The Morgan fingerprint density at radius 3 is 1.00 bits per heavy atom. The summed E-state index contributed by atoms with van der Waals surface area (Å²) in [4.78, 5) is 0. The number of rotatable bonds is 0. The lowest BCUT2D eigenvalue weighted by Crippen LogP contribution is -2.41. The van der Waals surface area contributed by atoms with Gasteiger partial charge in [-0.2, -0.15) is 0 Å². The average molecular weight is 512 g/mol. The van der Waals surface area contributed by atoms with Crippen LogP contribution < -0.4 is 0 Å². The highest BCUT2D eigenvalue weighted by Crippen LogP contribution is 2.51. The van der Waals surface area contributed by atoms with E-state index in [4.69, 9.17) is 12.8 Å². The first-order chi connectivity index (χ1) is 7.25. The van der Waals surface area contributed by atoms with Crippen LogP contribution in [0.15, 0.2) is 17.9 Å². The zero-order valence-corrected chi connectivity index (χ0v) is 14.9. The Morgan fingerprint density at radius 2 is 0.889 bits per heavy atom. The van der Waals surface area contributed by atoms with Gasteiger partial charge in [-0.1, -0.05) is 11.8 Å². The van der Waals surface area contributed by atoms with E-state index in [1.807, 2.05) is 0 Å². The molecule has 4 nitrogen and oxygen atoms in total. The lowest BCUT2D eigenvalue weighted by Gasteiger charge is -2.35. The second kappa shape index (κ2) is 6.69. The third-order valence-electron chi connectivity index (χ3n) is 2.07. The van der Waals surface area contributed by atoms with Gasteiger partial charge < -0.3 is 21.2 Å². The van der Waals surface area contributed by atoms with E-state index in [0.717, 1.165) is 0 Å². The number of halogens is 4. The van der Waals surface area contributed by atoms with Crippen LogP contribution in [0.1, 0.15) is 0 Å². The second-order valence-corrected chi connectivity index (χ2v) is 6.14. The molecule has 0 unspecified atom stereocenters. The van der Waals surface area contributed by atoms with Gasteiger partial charge in [0, 0.05) is 0 Å². The standard InChI is InChI=1S/C10H4Br4O2.2H2O/c1-3-9(15)5(11)7(13)10(16,4-2)8(14)6(9)12;;/h1-2,15-16H;2*1H2. The van der Waals surface area contributed by atoms with Crippen molar-refractivity contribution in [3.8, 4) is 24.7 Å². The average Bonchev–Trinajstić information content (AvgIpc) is 2.31. The summed E-state index contributed by atoms with van der Waals surface area (Å²) in [5, 5.41) is 20.4. The molecular weight excluding hydrogens is 504 g/mol. The van der Waals surface area contributed by atoms with E-state index in [0.29, 0.717) is 0 Å². The molecule has 1 aliphatic carbocycles. The van der Waals surface area contributed by atoms with E-state index in [1.54, 1.807) is 0 Å². The third-order valence-corrected chi connectivity index (χ3v) is 7.02. The van der Waals surface area contributed by atoms with E-state index >= 15 is 0 Å². The Hall–Kier alpha value is 0.360. The van der Waals surface area contributed by atoms with Crippen molar-refractivity contribution in [2.75, 3.05) is 0 Å². The summed E-state index contributed by atoms with van der Waals surface area (Å²) < 4.78 is 0.715. The van der Waals surface area contributed by atoms with Gasteiger partial charge >= 0.3 is 0 Å². The van der Waals surface area contributed by atoms with Crippen molar-refractivity contribution in [3.05, 3.63) is 17.9 Å². The summed E-state index contributed by atoms with van der Waals surface area (Å²) in [5.41, 5.74) is -3.39. The molecule has 0 amide bonds. The van der Waals surface area contributed by atoms with Crippen LogP contribution in [0.2, 0.25) is 0 Å². The molecule has 0 saturated carbocycles. The fraction of sp³-hybridized carbons (Fsp3) is 0.200. The van der Waals surface area contributed by atoms with Crippen LogP contribution in [0.3, 0.4) is 0 Å². The molecule has 0 aromatic carbocycles. The summed E-state index contributed by atoms with van der Waals surface area (Å²) >= 11 is 12.5. The molecule has 0 fully saturated rings. The largest absolute Gasteiger partial charge is 0.412 e. The number of hydrogen-bond donors (Lipinski definition) is 2. The highest BCUT2D eigenvalue weighted by Gasteiger charge is 2.49. The monoisotopic (exact) mass is 508 g/mol. The predicted molar refractivity (Wildman–Crippen MR) is 84.6 cm³/mol. The molecule has 8 heteroatoms. The van der Waals surface area contributed by atoms with Gasteiger partial charge in [0.2, 0.25) is 0 Å². The van der Waals surface area contributed by atoms with Crippen molar-refractivity contribution in [3.63, 3.8) is 0 Å². The first-order valence-corrected chi connectivity index (χ1v) is 6.95. The smallest absolute Gasteiger partial charge is 0.191 e. The van der Waals surface area contributed by atoms with Gasteiger partial charge in [0.15, 0.2) is 11.2 Å².